The number of benzene rings is 1. The van der Waals surface area contributed by atoms with Crippen LogP contribution in [-0.2, 0) is 9.47 Å². The van der Waals surface area contributed by atoms with Crippen LogP contribution in [0.2, 0.25) is 0 Å². The molecule has 0 saturated carbocycles. The Bertz CT molecular complexity index is 653. The summed E-state index contributed by atoms with van der Waals surface area (Å²) >= 11 is 35.3. The van der Waals surface area contributed by atoms with Gasteiger partial charge >= 0.3 is 12.2 Å². The average molecular weight is 547 g/mol. The molecule has 1 aromatic carbocycles. The van der Waals surface area contributed by atoms with E-state index in [0.717, 1.165) is 0 Å². The van der Waals surface area contributed by atoms with Gasteiger partial charge in [-0.25, -0.2) is 9.59 Å². The number of alkyl carbamates (subject to hydrolysis) is 2. The predicted octanol–water partition coefficient (Wildman–Crippen LogP) is 5.33. The SMILES string of the molecule is CCOC(=O)N[C@@H](Oc1ccccc1O[C@H](NC(=O)OCC)C(Cl)(Cl)Cl)C(Cl)(Cl)Cl. The highest BCUT2D eigenvalue weighted by atomic mass is 35.6. The van der Waals surface area contributed by atoms with Crippen LogP contribution < -0.4 is 20.1 Å². The molecule has 0 aliphatic heterocycles. The quantitative estimate of drug-likeness (QED) is 0.338. The molecule has 0 aliphatic carbocycles. The lowest BCUT2D eigenvalue weighted by atomic mass is 10.3. The van der Waals surface area contributed by atoms with Gasteiger partial charge in [-0.3, -0.25) is 10.6 Å². The van der Waals surface area contributed by atoms with Gasteiger partial charge in [-0.05, 0) is 26.0 Å². The summed E-state index contributed by atoms with van der Waals surface area (Å²) in [6, 6.07) is 6.02. The summed E-state index contributed by atoms with van der Waals surface area (Å²) in [5.74, 6) is -0.00827. The summed E-state index contributed by atoms with van der Waals surface area (Å²) in [4.78, 5) is 23.5. The van der Waals surface area contributed by atoms with E-state index < -0.39 is 32.2 Å². The van der Waals surface area contributed by atoms with Crippen molar-refractivity contribution in [2.75, 3.05) is 13.2 Å². The smallest absolute Gasteiger partial charge is 0.410 e. The Morgan fingerprint density at radius 3 is 1.40 bits per heavy atom. The monoisotopic (exact) mass is 544 g/mol. The van der Waals surface area contributed by atoms with Gasteiger partial charge in [0.15, 0.2) is 11.5 Å². The third-order valence-electron chi connectivity index (χ3n) is 2.98. The molecule has 0 radical (unpaired) electrons. The third-order valence-corrected chi connectivity index (χ3v) is 4.17. The Balaban J connectivity index is 3.10. The number of carbonyl (C=O) groups is 2. The van der Waals surface area contributed by atoms with Crippen molar-refractivity contribution in [3.63, 3.8) is 0 Å². The molecule has 1 aromatic rings. The fourth-order valence-corrected chi connectivity index (χ4v) is 2.41. The molecular formula is C16H18Cl6N2O6. The second-order valence-corrected chi connectivity index (χ2v) is 9.99. The van der Waals surface area contributed by atoms with Gasteiger partial charge in [0.2, 0.25) is 20.0 Å². The number of nitrogens with one attached hydrogen (secondary N) is 2. The lowest BCUT2D eigenvalue weighted by Gasteiger charge is -2.29. The highest BCUT2D eigenvalue weighted by Crippen LogP contribution is 2.38. The molecule has 2 atom stereocenters. The Hall–Kier alpha value is -0.900. The average Bonchev–Trinajstić information content (AvgIpc) is 2.61. The minimum atomic E-state index is -2.09. The molecule has 14 heteroatoms. The number of ether oxygens (including phenoxy) is 4. The summed E-state index contributed by atoms with van der Waals surface area (Å²) in [6.07, 6.45) is -4.71. The highest BCUT2D eigenvalue weighted by molar-refractivity contribution is 6.68. The van der Waals surface area contributed by atoms with Crippen molar-refractivity contribution >= 4 is 81.8 Å². The van der Waals surface area contributed by atoms with Gasteiger partial charge < -0.3 is 18.9 Å². The molecule has 0 aromatic heterocycles. The number of para-hydroxylation sites is 2. The molecule has 0 spiro atoms. The highest BCUT2D eigenvalue weighted by Gasteiger charge is 2.39. The molecule has 0 fully saturated rings. The minimum Gasteiger partial charge on any atom is -0.462 e. The first kappa shape index (κ1) is 27.1. The van der Waals surface area contributed by atoms with Crippen molar-refractivity contribution in [3.05, 3.63) is 24.3 Å². The van der Waals surface area contributed by atoms with Crippen LogP contribution in [0.3, 0.4) is 0 Å². The van der Waals surface area contributed by atoms with Crippen LogP contribution >= 0.6 is 69.6 Å². The van der Waals surface area contributed by atoms with E-state index in [4.69, 9.17) is 88.6 Å². The van der Waals surface area contributed by atoms with Crippen molar-refractivity contribution in [2.45, 2.75) is 33.9 Å². The molecule has 170 valence electrons. The molecule has 0 heterocycles. The number of amides is 2. The molecule has 1 rings (SSSR count). The molecular weight excluding hydrogens is 529 g/mol. The van der Waals surface area contributed by atoms with Gasteiger partial charge in [0, 0.05) is 0 Å². The van der Waals surface area contributed by atoms with Crippen LogP contribution in [0.4, 0.5) is 9.59 Å². The molecule has 0 bridgehead atoms. The molecule has 0 aliphatic rings. The first-order valence-electron chi connectivity index (χ1n) is 8.30. The van der Waals surface area contributed by atoms with E-state index in [1.54, 1.807) is 26.0 Å². The Morgan fingerprint density at radius 2 is 1.13 bits per heavy atom. The molecule has 2 N–H and O–H groups in total. The van der Waals surface area contributed by atoms with Crippen LogP contribution in [-0.4, -0.2) is 45.4 Å². The zero-order valence-electron chi connectivity index (χ0n) is 15.6. The van der Waals surface area contributed by atoms with Crippen LogP contribution in [0.25, 0.3) is 0 Å². The van der Waals surface area contributed by atoms with Crippen molar-refractivity contribution < 1.29 is 28.5 Å². The first-order valence-corrected chi connectivity index (χ1v) is 10.6. The Kier molecular flexibility index (Phi) is 11.0. The van der Waals surface area contributed by atoms with E-state index in [1.165, 1.54) is 12.1 Å². The van der Waals surface area contributed by atoms with Crippen LogP contribution in [0, 0.1) is 0 Å². The van der Waals surface area contributed by atoms with Crippen molar-refractivity contribution in [1.82, 2.24) is 10.6 Å². The lowest BCUT2D eigenvalue weighted by molar-refractivity contribution is 0.0998. The third kappa shape index (κ3) is 9.49. The minimum absolute atomic E-state index is 0.00414. The molecule has 8 nitrogen and oxygen atoms in total. The maximum atomic E-state index is 11.7. The fraction of sp³-hybridized carbons (Fsp3) is 0.500. The molecule has 0 saturated heterocycles. The lowest BCUT2D eigenvalue weighted by Crippen LogP contribution is -2.49. The largest absolute Gasteiger partial charge is 0.462 e. The van der Waals surface area contributed by atoms with Crippen molar-refractivity contribution in [3.8, 4) is 11.5 Å². The Morgan fingerprint density at radius 1 is 0.800 bits per heavy atom. The molecule has 30 heavy (non-hydrogen) atoms. The van der Waals surface area contributed by atoms with E-state index in [1.807, 2.05) is 0 Å². The number of rotatable bonds is 8. The summed E-state index contributed by atoms with van der Waals surface area (Å²) < 4.78 is 16.5. The number of alkyl halides is 6. The van der Waals surface area contributed by atoms with E-state index in [-0.39, 0.29) is 24.7 Å². The van der Waals surface area contributed by atoms with Crippen LogP contribution in [0.15, 0.2) is 24.3 Å². The summed E-state index contributed by atoms with van der Waals surface area (Å²) in [7, 11) is 0. The van der Waals surface area contributed by atoms with Crippen LogP contribution in [0.1, 0.15) is 13.8 Å². The van der Waals surface area contributed by atoms with Gasteiger partial charge in [0.05, 0.1) is 13.2 Å². The van der Waals surface area contributed by atoms with Gasteiger partial charge in [-0.2, -0.15) is 0 Å². The zero-order valence-corrected chi connectivity index (χ0v) is 20.1. The molecule has 0 unspecified atom stereocenters. The van der Waals surface area contributed by atoms with Gasteiger partial charge in [0.25, 0.3) is 0 Å². The van der Waals surface area contributed by atoms with Crippen molar-refractivity contribution in [1.29, 1.82) is 0 Å². The second kappa shape index (κ2) is 12.2. The van der Waals surface area contributed by atoms with Crippen LogP contribution in [0.5, 0.6) is 11.5 Å². The standard InChI is InChI=1S/C16H18Cl6N2O6/c1-3-27-13(25)23-11(15(17,18)19)29-9-7-5-6-8-10(9)30-12(16(20,21)22)24-14(26)28-4-2/h5-8,11-12H,3-4H2,1-2H3,(H,23,25)(H,24,26)/t11-,12-/m0/s1. The number of halogens is 6. The maximum absolute atomic E-state index is 11.7. The summed E-state index contributed by atoms with van der Waals surface area (Å²) in [5, 5.41) is 4.53. The number of hydrogen-bond donors (Lipinski definition) is 2. The van der Waals surface area contributed by atoms with Gasteiger partial charge in [-0.15, -0.1) is 0 Å². The number of carbonyl (C=O) groups excluding carboxylic acids is 2. The number of hydrogen-bond acceptors (Lipinski definition) is 6. The first-order chi connectivity index (χ1) is 13.9. The Labute approximate surface area is 203 Å². The topological polar surface area (TPSA) is 95.1 Å². The van der Waals surface area contributed by atoms with Gasteiger partial charge in [-0.1, -0.05) is 81.7 Å². The van der Waals surface area contributed by atoms with E-state index in [2.05, 4.69) is 10.6 Å². The normalized spacial score (nSPS) is 13.6. The van der Waals surface area contributed by atoms with Crippen molar-refractivity contribution in [2.24, 2.45) is 0 Å². The van der Waals surface area contributed by atoms with E-state index in [0.29, 0.717) is 0 Å². The summed E-state index contributed by atoms with van der Waals surface area (Å²) in [5.41, 5.74) is 0. The fourth-order valence-electron chi connectivity index (χ4n) is 1.81. The van der Waals surface area contributed by atoms with E-state index >= 15 is 0 Å². The van der Waals surface area contributed by atoms with Gasteiger partial charge in [0.1, 0.15) is 0 Å². The molecule has 2 amide bonds. The zero-order chi connectivity index (χ0) is 22.9. The second-order valence-electron chi connectivity index (χ2n) is 5.26. The van der Waals surface area contributed by atoms with E-state index in [9.17, 15) is 9.59 Å². The maximum Gasteiger partial charge on any atom is 0.410 e. The summed E-state index contributed by atoms with van der Waals surface area (Å²) in [6.45, 7) is 3.37. The predicted molar refractivity (Wildman–Crippen MR) is 116 cm³/mol.